The maximum atomic E-state index is 13.0. The molecule has 2 unspecified atom stereocenters. The predicted molar refractivity (Wildman–Crippen MR) is 40.1 cm³/mol. The fourth-order valence-corrected chi connectivity index (χ4v) is 2.55. The molecule has 2 saturated heterocycles. The van der Waals surface area contributed by atoms with Crippen LogP contribution in [0.4, 0.5) is 8.92 Å². The van der Waals surface area contributed by atoms with Gasteiger partial charge in [0, 0.05) is 13.0 Å². The molecule has 0 N–H and O–H groups in total. The number of rotatable bonds is 2. The van der Waals surface area contributed by atoms with Crippen molar-refractivity contribution in [2.24, 2.45) is 0 Å². The second-order valence-electron chi connectivity index (χ2n) is 3.83. The van der Waals surface area contributed by atoms with Gasteiger partial charge in [0.1, 0.15) is 12.8 Å². The topological polar surface area (TPSA) is 12.5 Å². The van der Waals surface area contributed by atoms with Crippen molar-refractivity contribution in [3.63, 3.8) is 0 Å². The van der Waals surface area contributed by atoms with Crippen LogP contribution >= 0.6 is 0 Å². The summed E-state index contributed by atoms with van der Waals surface area (Å²) in [5.74, 6) is 0. The summed E-state index contributed by atoms with van der Waals surface area (Å²) in [6.45, 7) is 1.39. The summed E-state index contributed by atoms with van der Waals surface area (Å²) in [5.41, 5.74) is -0.311. The summed E-state index contributed by atoms with van der Waals surface area (Å²) in [6, 6.07) is 0. The molecule has 4 heteroatoms. The van der Waals surface area contributed by atoms with Crippen LogP contribution in [-0.2, 0) is 4.94 Å². The lowest BCUT2D eigenvalue weighted by molar-refractivity contribution is -0.161. The van der Waals surface area contributed by atoms with Crippen LogP contribution in [0.15, 0.2) is 0 Å². The van der Waals surface area contributed by atoms with Gasteiger partial charge in [-0.3, -0.25) is 4.90 Å². The first kappa shape index (κ1) is 8.38. The van der Waals surface area contributed by atoms with Crippen molar-refractivity contribution in [1.29, 1.82) is 0 Å². The first-order chi connectivity index (χ1) is 5.77. The van der Waals surface area contributed by atoms with E-state index in [-0.39, 0.29) is 12.1 Å². The fourth-order valence-electron chi connectivity index (χ4n) is 2.55. The third kappa shape index (κ3) is 1.13. The summed E-state index contributed by atoms with van der Waals surface area (Å²) >= 11 is 0. The van der Waals surface area contributed by atoms with Gasteiger partial charge in [-0.25, -0.2) is 4.39 Å². The fraction of sp³-hybridized carbons (Fsp3) is 1.00. The van der Waals surface area contributed by atoms with Gasteiger partial charge in [-0.05, 0) is 23.9 Å². The maximum Gasteiger partial charge on any atom is 0.115 e. The average molecular weight is 177 g/mol. The summed E-state index contributed by atoms with van der Waals surface area (Å²) in [6.07, 6.45) is 1.56. The minimum Gasteiger partial charge on any atom is -0.292 e. The van der Waals surface area contributed by atoms with Crippen LogP contribution in [-0.4, -0.2) is 36.3 Å². The highest BCUT2D eigenvalue weighted by molar-refractivity contribution is 5.03. The Bertz CT molecular complexity index is 178. The van der Waals surface area contributed by atoms with Crippen LogP contribution in [0.2, 0.25) is 0 Å². The van der Waals surface area contributed by atoms with E-state index in [4.69, 9.17) is 0 Å². The molecular formula is C8H13F2NO. The predicted octanol–water partition coefficient (Wildman–Crippen LogP) is 1.46. The third-order valence-electron chi connectivity index (χ3n) is 3.08. The Kier molecular flexibility index (Phi) is 2.04. The number of fused-ring (bicyclic) bond motifs is 1. The van der Waals surface area contributed by atoms with Gasteiger partial charge in [0.2, 0.25) is 0 Å². The lowest BCUT2D eigenvalue weighted by atomic mass is 9.95. The molecule has 0 saturated carbocycles. The molecule has 0 amide bonds. The quantitative estimate of drug-likeness (QED) is 0.633. The molecule has 2 heterocycles. The normalized spacial score (nSPS) is 42.0. The van der Waals surface area contributed by atoms with Crippen molar-refractivity contribution in [3.8, 4) is 0 Å². The van der Waals surface area contributed by atoms with Crippen LogP contribution in [0.3, 0.4) is 0 Å². The van der Waals surface area contributed by atoms with Crippen molar-refractivity contribution in [3.05, 3.63) is 0 Å². The zero-order valence-corrected chi connectivity index (χ0v) is 6.93. The maximum absolute atomic E-state index is 13.0. The average Bonchev–Trinajstić information content (AvgIpc) is 2.44. The van der Waals surface area contributed by atoms with Crippen molar-refractivity contribution in [2.45, 2.75) is 31.0 Å². The van der Waals surface area contributed by atoms with Gasteiger partial charge in [-0.15, -0.1) is 0 Å². The van der Waals surface area contributed by atoms with E-state index >= 15 is 0 Å². The SMILES string of the molecule is FOCC12CCCN1CC(F)C2. The van der Waals surface area contributed by atoms with E-state index < -0.39 is 6.17 Å². The Morgan fingerprint density at radius 3 is 3.17 bits per heavy atom. The molecule has 0 spiro atoms. The van der Waals surface area contributed by atoms with E-state index in [1.807, 2.05) is 4.90 Å². The van der Waals surface area contributed by atoms with E-state index in [2.05, 4.69) is 4.94 Å². The number of hydrogen-bond acceptors (Lipinski definition) is 2. The number of nitrogens with zero attached hydrogens (tertiary/aromatic N) is 1. The Morgan fingerprint density at radius 1 is 1.58 bits per heavy atom. The molecule has 0 aliphatic carbocycles. The Morgan fingerprint density at radius 2 is 2.42 bits per heavy atom. The van der Waals surface area contributed by atoms with Gasteiger partial charge >= 0.3 is 0 Å². The smallest absolute Gasteiger partial charge is 0.115 e. The molecular weight excluding hydrogens is 164 g/mol. The highest BCUT2D eigenvalue weighted by Gasteiger charge is 2.49. The summed E-state index contributed by atoms with van der Waals surface area (Å²) in [4.78, 5) is 5.70. The lowest BCUT2D eigenvalue weighted by Crippen LogP contribution is -2.41. The first-order valence-corrected chi connectivity index (χ1v) is 4.39. The van der Waals surface area contributed by atoms with Crippen LogP contribution in [0, 0.1) is 0 Å². The van der Waals surface area contributed by atoms with Crippen molar-refractivity contribution in [1.82, 2.24) is 4.90 Å². The van der Waals surface area contributed by atoms with Gasteiger partial charge in [0.05, 0.1) is 5.54 Å². The molecule has 0 aromatic carbocycles. The Hall–Kier alpha value is -0.220. The molecule has 2 aliphatic heterocycles. The Labute approximate surface area is 70.4 Å². The van der Waals surface area contributed by atoms with Gasteiger partial charge in [-0.1, -0.05) is 0 Å². The molecule has 0 bridgehead atoms. The van der Waals surface area contributed by atoms with Crippen LogP contribution in [0.1, 0.15) is 19.3 Å². The van der Waals surface area contributed by atoms with Gasteiger partial charge in [-0.2, -0.15) is 4.94 Å². The van der Waals surface area contributed by atoms with Crippen molar-refractivity contribution >= 4 is 0 Å². The minimum atomic E-state index is -0.791. The molecule has 70 valence electrons. The van der Waals surface area contributed by atoms with Gasteiger partial charge in [0.25, 0.3) is 0 Å². The van der Waals surface area contributed by atoms with E-state index in [9.17, 15) is 8.92 Å². The molecule has 2 fully saturated rings. The van der Waals surface area contributed by atoms with Crippen LogP contribution in [0.25, 0.3) is 0 Å². The van der Waals surface area contributed by atoms with Crippen molar-refractivity contribution < 1.29 is 13.9 Å². The molecule has 0 radical (unpaired) electrons. The van der Waals surface area contributed by atoms with Crippen LogP contribution in [0.5, 0.6) is 0 Å². The zero-order valence-electron chi connectivity index (χ0n) is 6.93. The molecule has 2 aliphatic rings. The highest BCUT2D eigenvalue weighted by atomic mass is 19.3. The summed E-state index contributed by atoms with van der Waals surface area (Å²) in [5, 5.41) is 0. The highest BCUT2D eigenvalue weighted by Crippen LogP contribution is 2.40. The summed E-state index contributed by atoms with van der Waals surface area (Å²) in [7, 11) is 0. The zero-order chi connectivity index (χ0) is 8.60. The number of halogens is 2. The first-order valence-electron chi connectivity index (χ1n) is 4.39. The molecule has 12 heavy (non-hydrogen) atoms. The Balaban J connectivity index is 2.09. The van der Waals surface area contributed by atoms with Gasteiger partial charge < -0.3 is 0 Å². The third-order valence-corrected chi connectivity index (χ3v) is 3.08. The van der Waals surface area contributed by atoms with Crippen LogP contribution < -0.4 is 0 Å². The molecule has 0 aromatic rings. The monoisotopic (exact) mass is 177 g/mol. The second kappa shape index (κ2) is 2.92. The standard InChI is InChI=1S/C8H13F2NO/c9-7-4-8(6-12-10)2-1-3-11(8)5-7/h7H,1-6H2. The van der Waals surface area contributed by atoms with Gasteiger partial charge in [0.15, 0.2) is 0 Å². The van der Waals surface area contributed by atoms with E-state index in [0.29, 0.717) is 13.0 Å². The molecule has 0 aromatic heterocycles. The number of alkyl halides is 1. The largest absolute Gasteiger partial charge is 0.292 e. The minimum absolute atomic E-state index is 0.0351. The second-order valence-corrected chi connectivity index (χ2v) is 3.83. The van der Waals surface area contributed by atoms with E-state index in [1.54, 1.807) is 0 Å². The molecule has 2 atom stereocenters. The number of hydrogen-bond donors (Lipinski definition) is 0. The lowest BCUT2D eigenvalue weighted by Gasteiger charge is -2.28. The molecule has 2 nitrogen and oxygen atoms in total. The van der Waals surface area contributed by atoms with E-state index in [1.165, 1.54) is 0 Å². The molecule has 2 rings (SSSR count). The van der Waals surface area contributed by atoms with E-state index in [0.717, 1.165) is 19.4 Å². The van der Waals surface area contributed by atoms with Crippen molar-refractivity contribution in [2.75, 3.05) is 19.7 Å². The summed E-state index contributed by atoms with van der Waals surface area (Å²) < 4.78 is 24.7.